The van der Waals surface area contributed by atoms with Crippen molar-refractivity contribution < 1.29 is 23.2 Å². The van der Waals surface area contributed by atoms with Crippen LogP contribution in [0.5, 0.6) is 0 Å². The Bertz CT molecular complexity index is 595. The lowest BCUT2D eigenvalue weighted by molar-refractivity contribution is -0.385. The number of sulfone groups is 1. The van der Waals surface area contributed by atoms with Crippen molar-refractivity contribution in [2.24, 2.45) is 5.73 Å². The molecule has 0 amide bonds. The second kappa shape index (κ2) is 7.56. The highest BCUT2D eigenvalue weighted by atomic mass is 32.2. The van der Waals surface area contributed by atoms with Crippen LogP contribution in [0, 0.1) is 10.1 Å². The van der Waals surface area contributed by atoms with E-state index in [1.165, 1.54) is 0 Å². The van der Waals surface area contributed by atoms with Gasteiger partial charge in [-0.3, -0.25) is 10.1 Å². The standard InChI is InChI=1S/C8H7NO6S.C3H9N/c1-16(14,15)5-2-3-6(8(10)11)7(4-5)9(12)13;1-2-3-4/h2-4H,1H3,(H,10,11);2-4H2,1H3. The van der Waals surface area contributed by atoms with E-state index >= 15 is 0 Å². The fourth-order valence-electron chi connectivity index (χ4n) is 1.07. The summed E-state index contributed by atoms with van der Waals surface area (Å²) in [6.07, 6.45) is 1.98. The van der Waals surface area contributed by atoms with E-state index in [1.54, 1.807) is 0 Å². The molecule has 3 N–H and O–H groups in total. The average molecular weight is 304 g/mol. The third-order valence-corrected chi connectivity index (χ3v) is 3.22. The molecule has 0 aliphatic heterocycles. The molecule has 9 heteroatoms. The van der Waals surface area contributed by atoms with E-state index in [-0.39, 0.29) is 4.90 Å². The zero-order chi connectivity index (χ0) is 15.9. The SMILES string of the molecule is CCCN.CS(=O)(=O)c1ccc(C(=O)O)c([N+](=O)[O-])c1. The van der Waals surface area contributed by atoms with Crippen molar-refractivity contribution in [3.8, 4) is 0 Å². The highest BCUT2D eigenvalue weighted by Gasteiger charge is 2.22. The molecule has 1 aromatic rings. The molecule has 20 heavy (non-hydrogen) atoms. The summed E-state index contributed by atoms with van der Waals surface area (Å²) in [6.45, 7) is 2.88. The predicted octanol–water partition coefficient (Wildman–Crippen LogP) is 1.05. The molecular formula is C11H16N2O6S. The van der Waals surface area contributed by atoms with E-state index < -0.39 is 32.0 Å². The van der Waals surface area contributed by atoms with E-state index in [1.807, 2.05) is 0 Å². The summed E-state index contributed by atoms with van der Waals surface area (Å²) in [7, 11) is -3.60. The van der Waals surface area contributed by atoms with Crippen LogP contribution in [0.1, 0.15) is 23.7 Å². The molecule has 0 saturated heterocycles. The first-order valence-electron chi connectivity index (χ1n) is 5.57. The van der Waals surface area contributed by atoms with Crippen molar-refractivity contribution in [1.82, 2.24) is 0 Å². The Balaban J connectivity index is 0.000000796. The average Bonchev–Trinajstić information content (AvgIpc) is 2.37. The van der Waals surface area contributed by atoms with Crippen LogP contribution in [0.15, 0.2) is 23.1 Å². The summed E-state index contributed by atoms with van der Waals surface area (Å²) >= 11 is 0. The van der Waals surface area contributed by atoms with Crippen LogP contribution in [0.3, 0.4) is 0 Å². The lowest BCUT2D eigenvalue weighted by Gasteiger charge is -2.01. The number of hydrogen-bond acceptors (Lipinski definition) is 6. The number of hydrogen-bond donors (Lipinski definition) is 2. The highest BCUT2D eigenvalue weighted by molar-refractivity contribution is 7.90. The van der Waals surface area contributed by atoms with Gasteiger partial charge in [0.15, 0.2) is 9.84 Å². The van der Waals surface area contributed by atoms with Gasteiger partial charge < -0.3 is 10.8 Å². The van der Waals surface area contributed by atoms with E-state index in [9.17, 15) is 23.3 Å². The topological polar surface area (TPSA) is 141 Å². The number of carboxylic acid groups (broad SMARTS) is 1. The first-order chi connectivity index (χ1) is 9.15. The molecule has 0 aliphatic carbocycles. The molecule has 1 aromatic carbocycles. The molecular weight excluding hydrogens is 288 g/mol. The predicted molar refractivity (Wildman–Crippen MR) is 72.5 cm³/mol. The zero-order valence-electron chi connectivity index (χ0n) is 11.1. The molecule has 0 heterocycles. The van der Waals surface area contributed by atoms with Gasteiger partial charge in [0.05, 0.1) is 9.82 Å². The molecule has 0 atom stereocenters. The molecule has 0 fully saturated rings. The first-order valence-corrected chi connectivity index (χ1v) is 7.46. The summed E-state index contributed by atoms with van der Waals surface area (Å²) in [4.78, 5) is 20.0. The molecule has 0 spiro atoms. The second-order valence-corrected chi connectivity index (χ2v) is 5.82. The van der Waals surface area contributed by atoms with Crippen LogP contribution in [0.2, 0.25) is 0 Å². The minimum absolute atomic E-state index is 0.288. The lowest BCUT2D eigenvalue weighted by atomic mass is 10.2. The number of aromatic carboxylic acids is 1. The van der Waals surface area contributed by atoms with Gasteiger partial charge >= 0.3 is 5.97 Å². The number of nitro benzene ring substituents is 1. The Labute approximate surface area is 116 Å². The van der Waals surface area contributed by atoms with Gasteiger partial charge in [-0.05, 0) is 25.1 Å². The molecule has 0 bridgehead atoms. The molecule has 0 unspecified atom stereocenters. The summed E-state index contributed by atoms with van der Waals surface area (Å²) in [5, 5.41) is 19.2. The van der Waals surface area contributed by atoms with Crippen molar-refractivity contribution in [2.75, 3.05) is 12.8 Å². The van der Waals surface area contributed by atoms with Crippen LogP contribution >= 0.6 is 0 Å². The van der Waals surface area contributed by atoms with E-state index in [0.29, 0.717) is 0 Å². The van der Waals surface area contributed by atoms with Gasteiger partial charge in [0, 0.05) is 12.3 Å². The third kappa shape index (κ3) is 5.33. The van der Waals surface area contributed by atoms with Gasteiger partial charge in [0.2, 0.25) is 0 Å². The number of benzene rings is 1. The lowest BCUT2D eigenvalue weighted by Crippen LogP contribution is -2.05. The van der Waals surface area contributed by atoms with Gasteiger partial charge in [0.1, 0.15) is 5.56 Å². The number of carboxylic acids is 1. The van der Waals surface area contributed by atoms with Crippen molar-refractivity contribution in [3.05, 3.63) is 33.9 Å². The van der Waals surface area contributed by atoms with E-state index in [4.69, 9.17) is 10.8 Å². The van der Waals surface area contributed by atoms with Crippen molar-refractivity contribution in [3.63, 3.8) is 0 Å². The Hall–Kier alpha value is -2.00. The third-order valence-electron chi connectivity index (χ3n) is 2.11. The number of nitrogens with zero attached hydrogens (tertiary/aromatic N) is 1. The number of rotatable bonds is 4. The van der Waals surface area contributed by atoms with E-state index in [2.05, 4.69) is 6.92 Å². The van der Waals surface area contributed by atoms with Gasteiger partial charge in [-0.25, -0.2) is 13.2 Å². The summed E-state index contributed by atoms with van der Waals surface area (Å²) in [6, 6.07) is 2.65. The molecule has 0 aromatic heterocycles. The van der Waals surface area contributed by atoms with Crippen molar-refractivity contribution >= 4 is 21.5 Å². The van der Waals surface area contributed by atoms with Crippen LogP contribution in [-0.4, -0.2) is 37.2 Å². The summed E-state index contributed by atoms with van der Waals surface area (Å²) in [5.74, 6) is -1.48. The maximum absolute atomic E-state index is 11.1. The maximum Gasteiger partial charge on any atom is 0.342 e. The van der Waals surface area contributed by atoms with Crippen molar-refractivity contribution in [2.45, 2.75) is 18.2 Å². The fourth-order valence-corrected chi connectivity index (χ4v) is 1.71. The molecule has 1 rings (SSSR count). The van der Waals surface area contributed by atoms with E-state index in [0.717, 1.165) is 37.4 Å². The first kappa shape index (κ1) is 18.0. The van der Waals surface area contributed by atoms with Crippen LogP contribution < -0.4 is 5.73 Å². The maximum atomic E-state index is 11.1. The number of nitrogens with two attached hydrogens (primary N) is 1. The smallest absolute Gasteiger partial charge is 0.342 e. The quantitative estimate of drug-likeness (QED) is 0.625. The normalized spacial score (nSPS) is 10.3. The van der Waals surface area contributed by atoms with Crippen LogP contribution in [0.25, 0.3) is 0 Å². The van der Waals surface area contributed by atoms with Crippen molar-refractivity contribution in [1.29, 1.82) is 0 Å². The molecule has 0 aliphatic rings. The minimum Gasteiger partial charge on any atom is -0.477 e. The molecule has 8 nitrogen and oxygen atoms in total. The number of carbonyl (C=O) groups is 1. The van der Waals surface area contributed by atoms with Gasteiger partial charge in [-0.15, -0.1) is 0 Å². The zero-order valence-corrected chi connectivity index (χ0v) is 11.9. The van der Waals surface area contributed by atoms with Crippen LogP contribution in [-0.2, 0) is 9.84 Å². The highest BCUT2D eigenvalue weighted by Crippen LogP contribution is 2.22. The largest absolute Gasteiger partial charge is 0.477 e. The molecule has 0 saturated carbocycles. The summed E-state index contributed by atoms with van der Waals surface area (Å²) < 4.78 is 22.2. The van der Waals surface area contributed by atoms with Gasteiger partial charge in [0.25, 0.3) is 5.69 Å². The fraction of sp³-hybridized carbons (Fsp3) is 0.364. The second-order valence-electron chi connectivity index (χ2n) is 3.80. The van der Waals surface area contributed by atoms with Gasteiger partial charge in [-0.2, -0.15) is 0 Å². The Morgan fingerprint density at radius 1 is 1.45 bits per heavy atom. The Morgan fingerprint density at radius 3 is 2.25 bits per heavy atom. The Kier molecular flexibility index (Phi) is 6.80. The van der Waals surface area contributed by atoms with Gasteiger partial charge in [-0.1, -0.05) is 6.92 Å². The monoisotopic (exact) mass is 304 g/mol. The Morgan fingerprint density at radius 2 is 1.95 bits per heavy atom. The van der Waals surface area contributed by atoms with Crippen LogP contribution in [0.4, 0.5) is 5.69 Å². The number of nitro groups is 1. The molecule has 112 valence electrons. The molecule has 0 radical (unpaired) electrons. The minimum atomic E-state index is -3.60. The summed E-state index contributed by atoms with van der Waals surface area (Å²) in [5.41, 5.74) is 3.74.